The molecule has 8 nitrogen and oxygen atoms in total. The van der Waals surface area contributed by atoms with Crippen molar-refractivity contribution in [1.29, 1.82) is 0 Å². The lowest BCUT2D eigenvalue weighted by atomic mass is 10.1. The Labute approximate surface area is 178 Å². The van der Waals surface area contributed by atoms with E-state index in [1.807, 2.05) is 19.0 Å². The Hall–Kier alpha value is -3.24. The van der Waals surface area contributed by atoms with Crippen LogP contribution in [0, 0.1) is 0 Å². The van der Waals surface area contributed by atoms with E-state index in [-0.39, 0.29) is 12.5 Å². The van der Waals surface area contributed by atoms with Crippen LogP contribution in [0.4, 0.5) is 10.8 Å². The summed E-state index contributed by atoms with van der Waals surface area (Å²) in [6.45, 7) is 1.31. The first-order valence-corrected chi connectivity index (χ1v) is 10.5. The van der Waals surface area contributed by atoms with Crippen LogP contribution in [0.5, 0.6) is 0 Å². The predicted octanol–water partition coefficient (Wildman–Crippen LogP) is 3.85. The molecule has 4 rings (SSSR count). The van der Waals surface area contributed by atoms with Gasteiger partial charge in [0.1, 0.15) is 21.9 Å². The number of anilines is 2. The SMILES string of the molecule is CC(=O)Nc1ccc2c(COC(=O)c3cc4sc(N(C)C)nc4s3)cc(=O)oc2c1. The van der Waals surface area contributed by atoms with Crippen molar-refractivity contribution in [2.45, 2.75) is 13.5 Å². The summed E-state index contributed by atoms with van der Waals surface area (Å²) in [5, 5.41) is 4.13. The van der Waals surface area contributed by atoms with Gasteiger partial charge in [-0.05, 0) is 18.2 Å². The normalized spacial score (nSPS) is 11.0. The third-order valence-electron chi connectivity index (χ3n) is 4.17. The fraction of sp³-hybridized carbons (Fsp3) is 0.200. The number of carbonyl (C=O) groups excluding carboxylic acids is 2. The number of fused-ring (bicyclic) bond motifs is 2. The third-order valence-corrected chi connectivity index (χ3v) is 6.48. The van der Waals surface area contributed by atoms with E-state index in [4.69, 9.17) is 9.15 Å². The second kappa shape index (κ2) is 7.88. The summed E-state index contributed by atoms with van der Waals surface area (Å²) in [6, 6.07) is 8.03. The predicted molar refractivity (Wildman–Crippen MR) is 118 cm³/mol. The van der Waals surface area contributed by atoms with Crippen LogP contribution in [0.15, 0.2) is 39.5 Å². The van der Waals surface area contributed by atoms with Crippen molar-refractivity contribution in [3.05, 3.63) is 51.2 Å². The summed E-state index contributed by atoms with van der Waals surface area (Å²) >= 11 is 2.77. The van der Waals surface area contributed by atoms with E-state index in [0.29, 0.717) is 27.1 Å². The number of esters is 1. The van der Waals surface area contributed by atoms with E-state index in [2.05, 4.69) is 10.3 Å². The van der Waals surface area contributed by atoms with Crippen molar-refractivity contribution >= 4 is 65.9 Å². The maximum Gasteiger partial charge on any atom is 0.348 e. The van der Waals surface area contributed by atoms with Crippen LogP contribution in [-0.2, 0) is 16.1 Å². The molecule has 0 unspecified atom stereocenters. The quantitative estimate of drug-likeness (QED) is 0.369. The molecule has 154 valence electrons. The van der Waals surface area contributed by atoms with Gasteiger partial charge in [0, 0.05) is 49.8 Å². The monoisotopic (exact) mass is 443 g/mol. The summed E-state index contributed by atoms with van der Waals surface area (Å²) in [7, 11) is 3.83. The summed E-state index contributed by atoms with van der Waals surface area (Å²) in [5.74, 6) is -0.710. The van der Waals surface area contributed by atoms with Crippen LogP contribution in [0.1, 0.15) is 22.2 Å². The number of thiophene rings is 1. The molecule has 0 aliphatic rings. The highest BCUT2D eigenvalue weighted by Gasteiger charge is 2.17. The molecule has 3 heterocycles. The molecule has 0 aliphatic heterocycles. The van der Waals surface area contributed by atoms with Crippen LogP contribution < -0.4 is 15.8 Å². The zero-order chi connectivity index (χ0) is 21.4. The van der Waals surface area contributed by atoms with Crippen molar-refractivity contribution in [1.82, 2.24) is 4.98 Å². The number of carbonyl (C=O) groups is 2. The number of thiazole rings is 1. The number of rotatable bonds is 5. The first-order chi connectivity index (χ1) is 14.3. The number of aromatic nitrogens is 1. The second-order valence-electron chi connectivity index (χ2n) is 6.73. The Kier molecular flexibility index (Phi) is 5.27. The molecular weight excluding hydrogens is 426 g/mol. The lowest BCUT2D eigenvalue weighted by molar-refractivity contribution is -0.114. The largest absolute Gasteiger partial charge is 0.457 e. The summed E-state index contributed by atoms with van der Waals surface area (Å²) in [4.78, 5) is 43.3. The Morgan fingerprint density at radius 1 is 1.20 bits per heavy atom. The number of hydrogen-bond acceptors (Lipinski definition) is 9. The molecule has 1 aromatic carbocycles. The number of benzene rings is 1. The highest BCUT2D eigenvalue weighted by Crippen LogP contribution is 2.34. The topological polar surface area (TPSA) is 102 Å². The minimum absolute atomic E-state index is 0.0810. The van der Waals surface area contributed by atoms with Crippen molar-refractivity contribution in [3.8, 4) is 0 Å². The Morgan fingerprint density at radius 3 is 2.70 bits per heavy atom. The Morgan fingerprint density at radius 2 is 2.00 bits per heavy atom. The molecular formula is C20H17N3O5S2. The van der Waals surface area contributed by atoms with Gasteiger partial charge in [0.25, 0.3) is 0 Å². The standard InChI is InChI=1S/C20H17N3O5S2/c1-10(24)21-12-4-5-13-11(6-17(25)28-14(13)7-12)9-27-19(26)16-8-15-18(29-16)22-20(30-15)23(2)3/h4-8H,9H2,1-3H3,(H,21,24). The van der Waals surface area contributed by atoms with Gasteiger partial charge in [0.05, 0.1) is 4.70 Å². The molecule has 0 fully saturated rings. The number of ether oxygens (including phenoxy) is 1. The smallest absolute Gasteiger partial charge is 0.348 e. The van der Waals surface area contributed by atoms with E-state index >= 15 is 0 Å². The van der Waals surface area contributed by atoms with Gasteiger partial charge in [-0.1, -0.05) is 11.3 Å². The van der Waals surface area contributed by atoms with Gasteiger partial charge in [-0.15, -0.1) is 11.3 Å². The molecule has 3 aromatic heterocycles. The fourth-order valence-corrected chi connectivity index (χ4v) is 4.89. The molecule has 0 spiro atoms. The van der Waals surface area contributed by atoms with Crippen LogP contribution >= 0.6 is 22.7 Å². The number of amides is 1. The lowest BCUT2D eigenvalue weighted by Gasteiger charge is -2.08. The number of hydrogen-bond donors (Lipinski definition) is 1. The molecule has 30 heavy (non-hydrogen) atoms. The maximum atomic E-state index is 12.5. The van der Waals surface area contributed by atoms with Gasteiger partial charge in [-0.25, -0.2) is 14.6 Å². The molecule has 1 amide bonds. The molecule has 10 heteroatoms. The number of nitrogens with zero attached hydrogens (tertiary/aromatic N) is 2. The zero-order valence-corrected chi connectivity index (χ0v) is 18.0. The summed E-state index contributed by atoms with van der Waals surface area (Å²) < 4.78 is 11.6. The van der Waals surface area contributed by atoms with Crippen LogP contribution in [-0.4, -0.2) is 31.0 Å². The van der Waals surface area contributed by atoms with Crippen LogP contribution in [0.25, 0.3) is 20.5 Å². The molecule has 0 saturated heterocycles. The van der Waals surface area contributed by atoms with E-state index in [0.717, 1.165) is 14.7 Å². The minimum atomic E-state index is -0.564. The van der Waals surface area contributed by atoms with E-state index < -0.39 is 11.6 Å². The molecule has 0 saturated carbocycles. The average Bonchev–Trinajstić information content (AvgIpc) is 3.24. The number of nitrogens with one attached hydrogen (secondary N) is 1. The first-order valence-electron chi connectivity index (χ1n) is 8.89. The lowest BCUT2D eigenvalue weighted by Crippen LogP contribution is -2.08. The van der Waals surface area contributed by atoms with Crippen LogP contribution in [0.3, 0.4) is 0 Å². The van der Waals surface area contributed by atoms with Crippen molar-refractivity contribution < 1.29 is 18.7 Å². The van der Waals surface area contributed by atoms with Gasteiger partial charge in [0.15, 0.2) is 5.13 Å². The summed E-state index contributed by atoms with van der Waals surface area (Å²) in [6.07, 6.45) is 0. The van der Waals surface area contributed by atoms with Crippen molar-refractivity contribution in [2.75, 3.05) is 24.3 Å². The molecule has 1 N–H and O–H groups in total. The maximum absolute atomic E-state index is 12.5. The van der Waals surface area contributed by atoms with Gasteiger partial charge in [-0.2, -0.15) is 0 Å². The van der Waals surface area contributed by atoms with Crippen molar-refractivity contribution in [2.24, 2.45) is 0 Å². The Balaban J connectivity index is 1.55. The molecule has 0 radical (unpaired) electrons. The van der Waals surface area contributed by atoms with E-state index in [1.54, 1.807) is 24.3 Å². The first kappa shape index (κ1) is 20.0. The van der Waals surface area contributed by atoms with Gasteiger partial charge >= 0.3 is 11.6 Å². The molecule has 4 aromatic rings. The van der Waals surface area contributed by atoms with Crippen molar-refractivity contribution in [3.63, 3.8) is 0 Å². The van der Waals surface area contributed by atoms with Gasteiger partial charge in [-0.3, -0.25) is 4.79 Å². The highest BCUT2D eigenvalue weighted by molar-refractivity contribution is 7.29. The van der Waals surface area contributed by atoms with Gasteiger partial charge in [0.2, 0.25) is 5.91 Å². The van der Waals surface area contributed by atoms with Gasteiger partial charge < -0.3 is 19.4 Å². The van der Waals surface area contributed by atoms with E-state index in [1.165, 1.54) is 35.7 Å². The Bertz CT molecular complexity index is 1300. The molecule has 0 atom stereocenters. The van der Waals surface area contributed by atoms with Crippen LogP contribution in [0.2, 0.25) is 0 Å². The second-order valence-corrected chi connectivity index (χ2v) is 8.77. The highest BCUT2D eigenvalue weighted by atomic mass is 32.1. The molecule has 0 aliphatic carbocycles. The third kappa shape index (κ3) is 4.05. The summed E-state index contributed by atoms with van der Waals surface area (Å²) in [5.41, 5.74) is 0.772. The molecule has 0 bridgehead atoms. The fourth-order valence-electron chi connectivity index (χ4n) is 2.86. The van der Waals surface area contributed by atoms with E-state index in [9.17, 15) is 14.4 Å². The zero-order valence-electron chi connectivity index (χ0n) is 16.3. The average molecular weight is 444 g/mol. The minimum Gasteiger partial charge on any atom is -0.457 e.